The van der Waals surface area contributed by atoms with Crippen molar-refractivity contribution >= 4 is 19.8 Å². The van der Waals surface area contributed by atoms with E-state index in [0.717, 1.165) is 57.8 Å². The average Bonchev–Trinajstić information content (AvgIpc) is 3.16. The summed E-state index contributed by atoms with van der Waals surface area (Å²) >= 11 is 0. The van der Waals surface area contributed by atoms with E-state index in [1.54, 1.807) is 0 Å². The molecule has 0 amide bonds. The molecule has 2 atom stereocenters. The van der Waals surface area contributed by atoms with Gasteiger partial charge in [0.25, 0.3) is 7.82 Å². The van der Waals surface area contributed by atoms with E-state index < -0.39 is 32.5 Å². The van der Waals surface area contributed by atoms with Gasteiger partial charge in [-0.15, -0.1) is 0 Å². The van der Waals surface area contributed by atoms with Crippen LogP contribution in [0.3, 0.4) is 0 Å². The Kier molecular flexibility index (Phi) is 37.2. The van der Waals surface area contributed by atoms with Crippen LogP contribution in [-0.2, 0) is 32.7 Å². The van der Waals surface area contributed by atoms with Crippen LogP contribution in [0.25, 0.3) is 0 Å². The highest BCUT2D eigenvalue weighted by Gasteiger charge is 2.21. The molecule has 0 aliphatic heterocycles. The Bertz CT molecular complexity index is 1200. The normalized spacial score (nSPS) is 14.3. The zero-order chi connectivity index (χ0) is 42.1. The topological polar surface area (TPSA) is 111 Å². The first-order valence-electron chi connectivity index (χ1n) is 22.1. The Morgan fingerprint density at radius 2 is 1.00 bits per heavy atom. The highest BCUT2D eigenvalue weighted by molar-refractivity contribution is 7.45. The Labute approximate surface area is 348 Å². The SMILES string of the molecule is CC/C=C\C/C=C\C/C=C\C/C=C\C/C=C\C/C=C\CCC(=O)OC(COC(=O)CCCCCCCCCCCCCCCC)COP(=O)([O-])OCC[N+](C)(C)C. The minimum Gasteiger partial charge on any atom is -0.756 e. The molecule has 2 unspecified atom stereocenters. The van der Waals surface area contributed by atoms with Gasteiger partial charge >= 0.3 is 11.9 Å². The van der Waals surface area contributed by atoms with Crippen molar-refractivity contribution in [1.29, 1.82) is 0 Å². The summed E-state index contributed by atoms with van der Waals surface area (Å²) in [4.78, 5) is 37.5. The van der Waals surface area contributed by atoms with Crippen molar-refractivity contribution in [3.63, 3.8) is 0 Å². The number of ether oxygens (including phenoxy) is 2. The van der Waals surface area contributed by atoms with Gasteiger partial charge in [0.1, 0.15) is 19.8 Å². The van der Waals surface area contributed by atoms with Gasteiger partial charge < -0.3 is 27.9 Å². The second-order valence-corrected chi connectivity index (χ2v) is 17.1. The molecule has 0 radical (unpaired) electrons. The fourth-order valence-corrected chi connectivity index (χ4v) is 6.29. The zero-order valence-corrected chi connectivity index (χ0v) is 37.7. The summed E-state index contributed by atoms with van der Waals surface area (Å²) in [6, 6.07) is 0. The van der Waals surface area contributed by atoms with E-state index in [9.17, 15) is 19.0 Å². The Balaban J connectivity index is 4.50. The molecular formula is C47H82NO8P. The van der Waals surface area contributed by atoms with Gasteiger partial charge in [0, 0.05) is 12.8 Å². The average molecular weight is 820 g/mol. The number of rotatable bonds is 39. The predicted octanol–water partition coefficient (Wildman–Crippen LogP) is 12.0. The van der Waals surface area contributed by atoms with Gasteiger partial charge in [-0.2, -0.15) is 0 Å². The number of likely N-dealkylation sites (N-methyl/N-ethyl adjacent to an activating group) is 1. The van der Waals surface area contributed by atoms with Crippen LogP contribution in [0, 0.1) is 0 Å². The summed E-state index contributed by atoms with van der Waals surface area (Å²) in [5, 5.41) is 0. The highest BCUT2D eigenvalue weighted by atomic mass is 31.2. The van der Waals surface area contributed by atoms with Crippen LogP contribution >= 0.6 is 7.82 Å². The van der Waals surface area contributed by atoms with Crippen LogP contribution in [0.1, 0.15) is 162 Å². The van der Waals surface area contributed by atoms with E-state index in [2.05, 4.69) is 74.6 Å². The van der Waals surface area contributed by atoms with Crippen LogP contribution < -0.4 is 4.89 Å². The number of unbranched alkanes of at least 4 members (excludes halogenated alkanes) is 13. The van der Waals surface area contributed by atoms with Crippen molar-refractivity contribution in [1.82, 2.24) is 0 Å². The predicted molar refractivity (Wildman–Crippen MR) is 236 cm³/mol. The fourth-order valence-electron chi connectivity index (χ4n) is 5.56. The van der Waals surface area contributed by atoms with Gasteiger partial charge in [-0.25, -0.2) is 0 Å². The molecular weight excluding hydrogens is 737 g/mol. The van der Waals surface area contributed by atoms with Crippen molar-refractivity contribution in [3.05, 3.63) is 72.9 Å². The summed E-state index contributed by atoms with van der Waals surface area (Å²) in [6.07, 6.45) is 48.0. The molecule has 0 heterocycles. The van der Waals surface area contributed by atoms with Gasteiger partial charge in [-0.05, 0) is 51.4 Å². The van der Waals surface area contributed by atoms with Gasteiger partial charge in [0.2, 0.25) is 0 Å². The number of nitrogens with zero attached hydrogens (tertiary/aromatic N) is 1. The maximum absolute atomic E-state index is 12.6. The lowest BCUT2D eigenvalue weighted by Gasteiger charge is -2.28. The Morgan fingerprint density at radius 1 is 0.561 bits per heavy atom. The number of esters is 2. The number of allylic oxidation sites excluding steroid dienone is 12. The molecule has 0 aromatic heterocycles. The zero-order valence-electron chi connectivity index (χ0n) is 36.8. The molecule has 328 valence electrons. The third-order valence-electron chi connectivity index (χ3n) is 9.00. The third-order valence-corrected chi connectivity index (χ3v) is 9.97. The molecule has 0 spiro atoms. The lowest BCUT2D eigenvalue weighted by atomic mass is 10.0. The molecule has 0 fully saturated rings. The number of hydrogen-bond acceptors (Lipinski definition) is 8. The molecule has 0 aromatic rings. The fraction of sp³-hybridized carbons (Fsp3) is 0.702. The van der Waals surface area contributed by atoms with E-state index in [1.165, 1.54) is 70.6 Å². The van der Waals surface area contributed by atoms with Gasteiger partial charge in [0.05, 0.1) is 27.7 Å². The number of carbonyl (C=O) groups is 2. The standard InChI is InChI=1S/C47H82NO8P/c1-6-8-10-12-14-16-18-20-22-23-24-25-26-28-30-32-34-36-38-40-47(50)56-45(44-55-57(51,52)54-42-41-48(3,4)5)43-53-46(49)39-37-35-33-31-29-27-21-19-17-15-13-11-9-7-2/h8,10,14,16,20,22,24-25,28,30,34,36,45H,6-7,9,11-13,15,17-19,21,23,26-27,29,31-33,35,37-44H2,1-5H3/b10-8-,16-14-,22-20-,25-24-,30-28-,36-34-. The molecule has 0 saturated heterocycles. The summed E-state index contributed by atoms with van der Waals surface area (Å²) in [6.45, 7) is 4.01. The van der Waals surface area contributed by atoms with Crippen LogP contribution in [0.4, 0.5) is 0 Å². The first kappa shape index (κ1) is 54.5. The Morgan fingerprint density at radius 3 is 1.46 bits per heavy atom. The van der Waals surface area contributed by atoms with E-state index in [0.29, 0.717) is 17.4 Å². The smallest absolute Gasteiger partial charge is 0.306 e. The highest BCUT2D eigenvalue weighted by Crippen LogP contribution is 2.38. The van der Waals surface area contributed by atoms with Gasteiger partial charge in [0.15, 0.2) is 6.10 Å². The van der Waals surface area contributed by atoms with E-state index in [1.807, 2.05) is 33.3 Å². The number of carbonyl (C=O) groups excluding carboxylic acids is 2. The van der Waals surface area contributed by atoms with Crippen LogP contribution in [0.5, 0.6) is 0 Å². The Hall–Kier alpha value is -2.55. The van der Waals surface area contributed by atoms with Crippen LogP contribution in [-0.4, -0.2) is 70.0 Å². The number of phosphoric ester groups is 1. The minimum absolute atomic E-state index is 0.0468. The molecule has 0 aliphatic rings. The molecule has 0 bridgehead atoms. The largest absolute Gasteiger partial charge is 0.756 e. The van der Waals surface area contributed by atoms with Crippen molar-refractivity contribution in [2.75, 3.05) is 47.5 Å². The van der Waals surface area contributed by atoms with E-state index in [4.69, 9.17) is 18.5 Å². The summed E-state index contributed by atoms with van der Waals surface area (Å²) in [7, 11) is 1.11. The molecule has 0 aromatic carbocycles. The van der Waals surface area contributed by atoms with E-state index >= 15 is 0 Å². The van der Waals surface area contributed by atoms with Gasteiger partial charge in [-0.3, -0.25) is 14.2 Å². The summed E-state index contributed by atoms with van der Waals surface area (Å²) in [5.41, 5.74) is 0. The molecule has 0 rings (SSSR count). The lowest BCUT2D eigenvalue weighted by molar-refractivity contribution is -0.870. The second kappa shape index (κ2) is 38.9. The molecule has 0 N–H and O–H groups in total. The first-order valence-corrected chi connectivity index (χ1v) is 23.6. The quantitative estimate of drug-likeness (QED) is 0.0198. The van der Waals surface area contributed by atoms with Crippen molar-refractivity contribution < 1.29 is 42.1 Å². The van der Waals surface area contributed by atoms with Crippen molar-refractivity contribution in [2.45, 2.75) is 168 Å². The number of quaternary nitrogens is 1. The lowest BCUT2D eigenvalue weighted by Crippen LogP contribution is -2.37. The molecule has 57 heavy (non-hydrogen) atoms. The second-order valence-electron chi connectivity index (χ2n) is 15.7. The third kappa shape index (κ3) is 42.9. The van der Waals surface area contributed by atoms with Crippen LogP contribution in [0.15, 0.2) is 72.9 Å². The molecule has 10 heteroatoms. The molecule has 0 aliphatic carbocycles. The summed E-state index contributed by atoms with van der Waals surface area (Å²) in [5.74, 6) is -0.935. The van der Waals surface area contributed by atoms with Crippen LogP contribution in [0.2, 0.25) is 0 Å². The maximum Gasteiger partial charge on any atom is 0.306 e. The summed E-state index contributed by atoms with van der Waals surface area (Å²) < 4.78 is 33.8. The number of hydrogen-bond donors (Lipinski definition) is 0. The first-order chi connectivity index (χ1) is 27.5. The minimum atomic E-state index is -4.65. The maximum atomic E-state index is 12.6. The van der Waals surface area contributed by atoms with Crippen molar-refractivity contribution in [3.8, 4) is 0 Å². The van der Waals surface area contributed by atoms with Gasteiger partial charge in [-0.1, -0.05) is 170 Å². The monoisotopic (exact) mass is 820 g/mol. The van der Waals surface area contributed by atoms with Crippen molar-refractivity contribution in [2.24, 2.45) is 0 Å². The molecule has 0 saturated carbocycles. The molecule has 9 nitrogen and oxygen atoms in total. The number of phosphoric acid groups is 1. The van der Waals surface area contributed by atoms with E-state index in [-0.39, 0.29) is 26.1 Å².